The predicted octanol–water partition coefficient (Wildman–Crippen LogP) is 0.604. The summed E-state index contributed by atoms with van der Waals surface area (Å²) in [5, 5.41) is 11.3. The van der Waals surface area contributed by atoms with Crippen LogP contribution in [0, 0.1) is 0 Å². The lowest BCUT2D eigenvalue weighted by atomic mass is 10.4. The summed E-state index contributed by atoms with van der Waals surface area (Å²) in [6.45, 7) is 0.983. The van der Waals surface area contributed by atoms with Crippen molar-refractivity contribution in [3.05, 3.63) is 42.4 Å². The lowest BCUT2D eigenvalue weighted by Gasteiger charge is -2.03. The largest absolute Gasteiger partial charge is 0.475 e. The van der Waals surface area contributed by atoms with Gasteiger partial charge < -0.3 is 19.4 Å². The van der Waals surface area contributed by atoms with Gasteiger partial charge in [-0.05, 0) is 12.1 Å². The van der Waals surface area contributed by atoms with Crippen LogP contribution >= 0.6 is 0 Å². The summed E-state index contributed by atoms with van der Waals surface area (Å²) in [6, 6.07) is 2.57. The van der Waals surface area contributed by atoms with Crippen LogP contribution in [0.4, 0.5) is 0 Å². The monoisotopic (exact) mass is 249 g/mol. The quantitative estimate of drug-likeness (QED) is 0.808. The molecule has 0 radical (unpaired) electrons. The van der Waals surface area contributed by atoms with Gasteiger partial charge in [0, 0.05) is 25.5 Å². The van der Waals surface area contributed by atoms with Crippen molar-refractivity contribution in [1.29, 1.82) is 0 Å². The fraction of sp³-hybridized carbons (Fsp3) is 0.182. The third kappa shape index (κ3) is 2.76. The van der Waals surface area contributed by atoms with Gasteiger partial charge in [0.05, 0.1) is 6.33 Å². The molecule has 2 N–H and O–H groups in total. The van der Waals surface area contributed by atoms with Crippen molar-refractivity contribution >= 4 is 11.9 Å². The molecule has 7 heteroatoms. The van der Waals surface area contributed by atoms with E-state index in [1.54, 1.807) is 18.7 Å². The van der Waals surface area contributed by atoms with E-state index < -0.39 is 11.9 Å². The average molecular weight is 249 g/mol. The molecule has 0 spiro atoms. The maximum atomic E-state index is 11.6. The lowest BCUT2D eigenvalue weighted by molar-refractivity contribution is 0.0659. The van der Waals surface area contributed by atoms with Crippen molar-refractivity contribution in [3.63, 3.8) is 0 Å². The topological polar surface area (TPSA) is 97.4 Å². The summed E-state index contributed by atoms with van der Waals surface area (Å²) in [4.78, 5) is 26.0. The highest BCUT2D eigenvalue weighted by molar-refractivity contribution is 5.93. The summed E-state index contributed by atoms with van der Waals surface area (Å²) in [5.74, 6) is -1.91. The number of imidazole rings is 1. The number of nitrogens with zero attached hydrogens (tertiary/aromatic N) is 2. The molecule has 0 saturated heterocycles. The Bertz CT molecular complexity index is 544. The first kappa shape index (κ1) is 11.9. The first-order valence-electron chi connectivity index (χ1n) is 5.24. The van der Waals surface area contributed by atoms with Crippen LogP contribution in [-0.2, 0) is 6.54 Å². The highest BCUT2D eigenvalue weighted by Gasteiger charge is 2.14. The van der Waals surface area contributed by atoms with Gasteiger partial charge in [-0.15, -0.1) is 0 Å². The fourth-order valence-corrected chi connectivity index (χ4v) is 1.38. The Kier molecular flexibility index (Phi) is 3.42. The van der Waals surface area contributed by atoms with Crippen molar-refractivity contribution in [1.82, 2.24) is 14.9 Å². The van der Waals surface area contributed by atoms with E-state index in [9.17, 15) is 9.59 Å². The number of carbonyl (C=O) groups excluding carboxylic acids is 1. The molecule has 0 fully saturated rings. The van der Waals surface area contributed by atoms with Crippen LogP contribution in [0.25, 0.3) is 0 Å². The number of carboxylic acids is 1. The van der Waals surface area contributed by atoms with Gasteiger partial charge in [-0.1, -0.05) is 0 Å². The number of rotatable bonds is 5. The molecule has 2 heterocycles. The normalized spacial score (nSPS) is 10.2. The van der Waals surface area contributed by atoms with Crippen molar-refractivity contribution in [2.45, 2.75) is 6.54 Å². The zero-order valence-electron chi connectivity index (χ0n) is 9.37. The summed E-state index contributed by atoms with van der Waals surface area (Å²) >= 11 is 0. The smallest absolute Gasteiger partial charge is 0.371 e. The highest BCUT2D eigenvalue weighted by Crippen LogP contribution is 2.07. The van der Waals surface area contributed by atoms with Crippen LogP contribution in [0.2, 0.25) is 0 Å². The van der Waals surface area contributed by atoms with E-state index in [0.29, 0.717) is 13.1 Å². The maximum Gasteiger partial charge on any atom is 0.371 e. The molecular formula is C11H11N3O4. The number of carbonyl (C=O) groups is 2. The Morgan fingerprint density at radius 1 is 1.39 bits per heavy atom. The zero-order chi connectivity index (χ0) is 13.0. The number of hydrogen-bond donors (Lipinski definition) is 2. The summed E-state index contributed by atoms with van der Waals surface area (Å²) in [5.41, 5.74) is 0. The highest BCUT2D eigenvalue weighted by atomic mass is 16.4. The van der Waals surface area contributed by atoms with Crippen molar-refractivity contribution in [3.8, 4) is 0 Å². The van der Waals surface area contributed by atoms with Gasteiger partial charge in [-0.3, -0.25) is 4.79 Å². The number of aromatic nitrogens is 2. The molecule has 1 amide bonds. The van der Waals surface area contributed by atoms with Crippen LogP contribution in [-0.4, -0.2) is 33.1 Å². The first-order valence-corrected chi connectivity index (χ1v) is 5.24. The Morgan fingerprint density at radius 2 is 2.17 bits per heavy atom. The molecule has 2 rings (SSSR count). The average Bonchev–Trinajstić information content (AvgIpc) is 2.99. The molecule has 0 bridgehead atoms. The molecule has 0 aliphatic rings. The number of aromatic carboxylic acids is 1. The van der Waals surface area contributed by atoms with Crippen LogP contribution in [0.15, 0.2) is 35.3 Å². The van der Waals surface area contributed by atoms with E-state index in [2.05, 4.69) is 10.3 Å². The van der Waals surface area contributed by atoms with Gasteiger partial charge in [-0.25, -0.2) is 9.78 Å². The number of nitrogens with one attached hydrogen (secondary N) is 1. The van der Waals surface area contributed by atoms with Gasteiger partial charge in [-0.2, -0.15) is 0 Å². The van der Waals surface area contributed by atoms with E-state index in [1.165, 1.54) is 12.1 Å². The summed E-state index contributed by atoms with van der Waals surface area (Å²) in [6.07, 6.45) is 5.07. The van der Waals surface area contributed by atoms with E-state index in [-0.39, 0.29) is 11.5 Å². The molecule has 18 heavy (non-hydrogen) atoms. The number of furan rings is 1. The van der Waals surface area contributed by atoms with Gasteiger partial charge >= 0.3 is 5.97 Å². The molecule has 0 unspecified atom stereocenters. The fourth-order valence-electron chi connectivity index (χ4n) is 1.38. The van der Waals surface area contributed by atoms with E-state index in [4.69, 9.17) is 9.52 Å². The molecule has 0 aromatic carbocycles. The Hall–Kier alpha value is -2.57. The number of hydrogen-bond acceptors (Lipinski definition) is 4. The van der Waals surface area contributed by atoms with E-state index in [1.807, 2.05) is 4.57 Å². The Morgan fingerprint density at radius 3 is 2.78 bits per heavy atom. The van der Waals surface area contributed by atoms with Crippen LogP contribution in [0.3, 0.4) is 0 Å². The second kappa shape index (κ2) is 5.17. The summed E-state index contributed by atoms with van der Waals surface area (Å²) in [7, 11) is 0. The maximum absolute atomic E-state index is 11.6. The first-order chi connectivity index (χ1) is 8.66. The molecule has 2 aromatic heterocycles. The van der Waals surface area contributed by atoms with Gasteiger partial charge in [0.15, 0.2) is 5.76 Å². The van der Waals surface area contributed by atoms with E-state index in [0.717, 1.165) is 0 Å². The summed E-state index contributed by atoms with van der Waals surface area (Å²) < 4.78 is 6.67. The SMILES string of the molecule is O=C(O)c1ccc(C(=O)NCCn2ccnc2)o1. The van der Waals surface area contributed by atoms with E-state index >= 15 is 0 Å². The second-order valence-electron chi connectivity index (χ2n) is 3.53. The standard InChI is InChI=1S/C11H11N3O4/c15-10(8-1-2-9(18-8)11(16)17)13-4-6-14-5-3-12-7-14/h1-3,5,7H,4,6H2,(H,13,15)(H,16,17). The van der Waals surface area contributed by atoms with Crippen molar-refractivity contribution < 1.29 is 19.1 Å². The molecular weight excluding hydrogens is 238 g/mol. The Labute approximate surface area is 102 Å². The molecule has 2 aromatic rings. The number of carboxylic acid groups (broad SMARTS) is 1. The van der Waals surface area contributed by atoms with Crippen LogP contribution in [0.5, 0.6) is 0 Å². The molecule has 0 aliphatic carbocycles. The van der Waals surface area contributed by atoms with Gasteiger partial charge in [0.25, 0.3) is 5.91 Å². The molecule has 7 nitrogen and oxygen atoms in total. The van der Waals surface area contributed by atoms with Gasteiger partial charge in [0.1, 0.15) is 0 Å². The minimum atomic E-state index is -1.20. The van der Waals surface area contributed by atoms with Crippen molar-refractivity contribution in [2.24, 2.45) is 0 Å². The number of amides is 1. The minimum absolute atomic E-state index is 0.0157. The van der Waals surface area contributed by atoms with Crippen LogP contribution < -0.4 is 5.32 Å². The predicted molar refractivity (Wildman–Crippen MR) is 60.2 cm³/mol. The van der Waals surface area contributed by atoms with Crippen molar-refractivity contribution in [2.75, 3.05) is 6.54 Å². The van der Waals surface area contributed by atoms with Crippen LogP contribution in [0.1, 0.15) is 21.1 Å². The molecule has 0 aliphatic heterocycles. The zero-order valence-corrected chi connectivity index (χ0v) is 9.37. The third-order valence-corrected chi connectivity index (χ3v) is 2.26. The molecule has 0 atom stereocenters. The van der Waals surface area contributed by atoms with Gasteiger partial charge in [0.2, 0.25) is 5.76 Å². The third-order valence-electron chi connectivity index (χ3n) is 2.26. The second-order valence-corrected chi connectivity index (χ2v) is 3.53. The Balaban J connectivity index is 1.85. The molecule has 94 valence electrons. The molecule has 0 saturated carbocycles. The lowest BCUT2D eigenvalue weighted by Crippen LogP contribution is -2.26. The minimum Gasteiger partial charge on any atom is -0.475 e.